The number of carboxylic acids is 1. The first-order valence-electron chi connectivity index (χ1n) is 18.0. The summed E-state index contributed by atoms with van der Waals surface area (Å²) in [7, 11) is 0. The Kier molecular flexibility index (Phi) is 32.2. The molecule has 0 radical (unpaired) electrons. The number of ether oxygens (including phenoxy) is 1. The molecule has 0 saturated carbocycles. The van der Waals surface area contributed by atoms with E-state index in [9.17, 15) is 9.59 Å². The van der Waals surface area contributed by atoms with E-state index in [1.165, 1.54) is 83.5 Å². The molecule has 244 valence electrons. The Morgan fingerprint density at radius 1 is 0.548 bits per heavy atom. The monoisotopic (exact) mass is 589 g/mol. The van der Waals surface area contributed by atoms with Gasteiger partial charge in [0.2, 0.25) is 0 Å². The van der Waals surface area contributed by atoms with Crippen LogP contribution in [0.1, 0.15) is 187 Å². The van der Waals surface area contributed by atoms with Crippen LogP contribution in [0.15, 0.2) is 36.5 Å². The number of carboxylic acid groups (broad SMARTS) is 1. The van der Waals surface area contributed by atoms with E-state index < -0.39 is 5.97 Å². The van der Waals surface area contributed by atoms with E-state index in [0.717, 1.165) is 77.0 Å². The topological polar surface area (TPSA) is 63.6 Å². The second-order valence-electron chi connectivity index (χ2n) is 12.0. The van der Waals surface area contributed by atoms with Gasteiger partial charge in [0.25, 0.3) is 0 Å². The second kappa shape index (κ2) is 33.7. The minimum Gasteiger partial charge on any atom is -0.481 e. The summed E-state index contributed by atoms with van der Waals surface area (Å²) in [5.41, 5.74) is 0. The number of unbranched alkanes of at least 4 members (excludes halogenated alkanes) is 17. The molecule has 0 aromatic carbocycles. The lowest BCUT2D eigenvalue weighted by Crippen LogP contribution is -2.18. The van der Waals surface area contributed by atoms with Crippen molar-refractivity contribution in [2.45, 2.75) is 193 Å². The Balaban J connectivity index is 3.56. The van der Waals surface area contributed by atoms with Crippen molar-refractivity contribution in [3.8, 4) is 0 Å². The summed E-state index contributed by atoms with van der Waals surface area (Å²) in [5, 5.41) is 8.67. The van der Waals surface area contributed by atoms with Crippen LogP contribution in [0.5, 0.6) is 0 Å². The van der Waals surface area contributed by atoms with Crippen LogP contribution < -0.4 is 0 Å². The van der Waals surface area contributed by atoms with Crippen LogP contribution >= 0.6 is 0 Å². The molecule has 0 bridgehead atoms. The fraction of sp³-hybridized carbons (Fsp3) is 0.789. The zero-order valence-electron chi connectivity index (χ0n) is 27.8. The minimum atomic E-state index is -0.681. The van der Waals surface area contributed by atoms with E-state index >= 15 is 0 Å². The Morgan fingerprint density at radius 2 is 1.00 bits per heavy atom. The van der Waals surface area contributed by atoms with Crippen molar-refractivity contribution >= 4 is 11.9 Å². The molecule has 42 heavy (non-hydrogen) atoms. The first-order valence-corrected chi connectivity index (χ1v) is 18.0. The van der Waals surface area contributed by atoms with Gasteiger partial charge in [0.15, 0.2) is 0 Å². The van der Waals surface area contributed by atoms with Crippen molar-refractivity contribution in [2.24, 2.45) is 0 Å². The third kappa shape index (κ3) is 32.7. The van der Waals surface area contributed by atoms with E-state index in [-0.39, 0.29) is 12.1 Å². The van der Waals surface area contributed by atoms with Gasteiger partial charge in [-0.2, -0.15) is 0 Å². The predicted molar refractivity (Wildman–Crippen MR) is 181 cm³/mol. The van der Waals surface area contributed by atoms with Gasteiger partial charge < -0.3 is 9.84 Å². The van der Waals surface area contributed by atoms with Crippen LogP contribution in [0.4, 0.5) is 0 Å². The highest BCUT2D eigenvalue weighted by molar-refractivity contribution is 5.69. The highest BCUT2D eigenvalue weighted by Crippen LogP contribution is 2.17. The van der Waals surface area contributed by atoms with Crippen LogP contribution in [0.2, 0.25) is 0 Å². The molecule has 0 heterocycles. The van der Waals surface area contributed by atoms with Gasteiger partial charge >= 0.3 is 11.9 Å². The zero-order valence-corrected chi connectivity index (χ0v) is 27.8. The highest BCUT2D eigenvalue weighted by atomic mass is 16.5. The molecule has 0 aromatic heterocycles. The first kappa shape index (κ1) is 40.2. The first-order chi connectivity index (χ1) is 20.6. The molecule has 0 rings (SSSR count). The molecule has 1 N–H and O–H groups in total. The van der Waals surface area contributed by atoms with Gasteiger partial charge in [-0.15, -0.1) is 0 Å². The quantitative estimate of drug-likeness (QED) is 0.0482. The number of hydrogen-bond acceptors (Lipinski definition) is 3. The summed E-state index contributed by atoms with van der Waals surface area (Å²) < 4.78 is 5.84. The number of rotatable bonds is 32. The lowest BCUT2D eigenvalue weighted by Gasteiger charge is -2.17. The smallest absolute Gasteiger partial charge is 0.306 e. The Hall–Kier alpha value is -1.84. The number of allylic oxidation sites excluding steroid dienone is 6. The molecule has 0 saturated heterocycles. The molecule has 0 aliphatic carbocycles. The van der Waals surface area contributed by atoms with Gasteiger partial charge in [0.1, 0.15) is 6.10 Å². The summed E-state index contributed by atoms with van der Waals surface area (Å²) in [4.78, 5) is 22.9. The molecule has 0 aliphatic heterocycles. The van der Waals surface area contributed by atoms with Gasteiger partial charge in [0, 0.05) is 12.8 Å². The van der Waals surface area contributed by atoms with E-state index in [1.54, 1.807) is 0 Å². The SMILES string of the molecule is CC/C=C\C/C=C\C/C=C\CCCCCCCCCCCC(=O)OC(CCC)CCCCCCCCCCCC(=O)O. The van der Waals surface area contributed by atoms with Gasteiger partial charge in [-0.1, -0.05) is 147 Å². The normalized spacial score (nSPS) is 12.6. The summed E-state index contributed by atoms with van der Waals surface area (Å²) in [6.07, 6.45) is 43.6. The fourth-order valence-corrected chi connectivity index (χ4v) is 5.31. The van der Waals surface area contributed by atoms with Gasteiger partial charge in [-0.25, -0.2) is 0 Å². The molecule has 0 amide bonds. The Labute approximate surface area is 260 Å². The minimum absolute atomic E-state index is 0.00514. The number of carbonyl (C=O) groups is 2. The van der Waals surface area contributed by atoms with Crippen LogP contribution in [0.3, 0.4) is 0 Å². The van der Waals surface area contributed by atoms with Crippen molar-refractivity contribution < 1.29 is 19.4 Å². The molecular weight excluding hydrogens is 520 g/mol. The third-order valence-electron chi connectivity index (χ3n) is 7.86. The predicted octanol–water partition coefficient (Wildman–Crippen LogP) is 12.2. The van der Waals surface area contributed by atoms with E-state index in [4.69, 9.17) is 9.84 Å². The zero-order chi connectivity index (χ0) is 30.8. The van der Waals surface area contributed by atoms with Gasteiger partial charge in [-0.3, -0.25) is 9.59 Å². The molecule has 1 atom stereocenters. The maximum Gasteiger partial charge on any atom is 0.306 e. The lowest BCUT2D eigenvalue weighted by molar-refractivity contribution is -0.150. The van der Waals surface area contributed by atoms with Crippen molar-refractivity contribution in [1.82, 2.24) is 0 Å². The molecule has 4 heteroatoms. The molecule has 1 unspecified atom stereocenters. The number of carbonyl (C=O) groups excluding carboxylic acids is 1. The lowest BCUT2D eigenvalue weighted by atomic mass is 10.0. The van der Waals surface area contributed by atoms with Crippen LogP contribution in [-0.4, -0.2) is 23.1 Å². The van der Waals surface area contributed by atoms with Crippen LogP contribution in [-0.2, 0) is 14.3 Å². The Morgan fingerprint density at radius 3 is 1.52 bits per heavy atom. The van der Waals surface area contributed by atoms with Crippen LogP contribution in [0, 0.1) is 0 Å². The summed E-state index contributed by atoms with van der Waals surface area (Å²) >= 11 is 0. The van der Waals surface area contributed by atoms with E-state index in [2.05, 4.69) is 50.3 Å². The second-order valence-corrected chi connectivity index (χ2v) is 12.0. The molecule has 0 fully saturated rings. The van der Waals surface area contributed by atoms with Crippen molar-refractivity contribution in [1.29, 1.82) is 0 Å². The average Bonchev–Trinajstić information content (AvgIpc) is 2.97. The maximum atomic E-state index is 12.4. The maximum absolute atomic E-state index is 12.4. The number of aliphatic carboxylic acids is 1. The van der Waals surface area contributed by atoms with Gasteiger partial charge in [0.05, 0.1) is 0 Å². The van der Waals surface area contributed by atoms with Crippen molar-refractivity contribution in [2.75, 3.05) is 0 Å². The fourth-order valence-electron chi connectivity index (χ4n) is 5.31. The molecule has 0 spiro atoms. The number of esters is 1. The highest BCUT2D eigenvalue weighted by Gasteiger charge is 2.13. The molecule has 0 aromatic rings. The van der Waals surface area contributed by atoms with E-state index in [1.807, 2.05) is 0 Å². The van der Waals surface area contributed by atoms with Gasteiger partial charge in [-0.05, 0) is 64.2 Å². The summed E-state index contributed by atoms with van der Waals surface area (Å²) in [6.45, 7) is 4.34. The van der Waals surface area contributed by atoms with Crippen molar-refractivity contribution in [3.05, 3.63) is 36.5 Å². The summed E-state index contributed by atoms with van der Waals surface area (Å²) in [5.74, 6) is -0.676. The molecular formula is C38H68O4. The Bertz CT molecular complexity index is 679. The third-order valence-corrected chi connectivity index (χ3v) is 7.86. The average molecular weight is 589 g/mol. The van der Waals surface area contributed by atoms with Crippen molar-refractivity contribution in [3.63, 3.8) is 0 Å². The molecule has 0 aliphatic rings. The number of hydrogen-bond donors (Lipinski definition) is 1. The largest absolute Gasteiger partial charge is 0.481 e. The van der Waals surface area contributed by atoms with E-state index in [0.29, 0.717) is 12.8 Å². The molecule has 4 nitrogen and oxygen atoms in total. The summed E-state index contributed by atoms with van der Waals surface area (Å²) in [6, 6.07) is 0. The standard InChI is InChI=1S/C38H68O4/c1-3-5-6-7-8-9-10-11-12-13-14-15-16-17-18-22-25-28-31-35-38(41)42-36(32-4-2)33-29-26-23-20-19-21-24-27-30-34-37(39)40/h5-6,8-9,11-12,36H,3-4,7,10,13-35H2,1-2H3,(H,39,40)/b6-5-,9-8-,12-11-. The van der Waals surface area contributed by atoms with Crippen LogP contribution in [0.25, 0.3) is 0 Å².